The van der Waals surface area contributed by atoms with Crippen LogP contribution in [-0.2, 0) is 17.9 Å². The minimum atomic E-state index is -0.483. The maximum atomic E-state index is 12.9. The van der Waals surface area contributed by atoms with Crippen LogP contribution in [0.5, 0.6) is 0 Å². The van der Waals surface area contributed by atoms with Gasteiger partial charge < -0.3 is 20.1 Å². The van der Waals surface area contributed by atoms with Crippen LogP contribution in [0.1, 0.15) is 36.2 Å². The highest BCUT2D eigenvalue weighted by Gasteiger charge is 2.35. The van der Waals surface area contributed by atoms with E-state index < -0.39 is 6.03 Å². The topological polar surface area (TPSA) is 113 Å². The van der Waals surface area contributed by atoms with Crippen molar-refractivity contribution in [1.29, 1.82) is 0 Å². The van der Waals surface area contributed by atoms with Gasteiger partial charge in [0.15, 0.2) is 5.82 Å². The Labute approximate surface area is 171 Å². The third kappa shape index (κ3) is 4.59. The van der Waals surface area contributed by atoms with Crippen LogP contribution in [0.3, 0.4) is 0 Å². The van der Waals surface area contributed by atoms with Gasteiger partial charge in [-0.05, 0) is 48.4 Å². The van der Waals surface area contributed by atoms with E-state index in [9.17, 15) is 14.0 Å². The first-order valence-electron chi connectivity index (χ1n) is 9.40. The SMILES string of the molecule is O=C(NCc1noc([C@@H]2CCC(=O)N2Cc2ccncc2)n1)Nc1ccc(F)cc1. The van der Waals surface area contributed by atoms with Crippen molar-refractivity contribution < 1.29 is 18.5 Å². The lowest BCUT2D eigenvalue weighted by atomic mass is 10.2. The predicted octanol–water partition coefficient (Wildman–Crippen LogP) is 2.79. The number of amides is 3. The van der Waals surface area contributed by atoms with E-state index in [-0.39, 0.29) is 24.3 Å². The molecular weight excluding hydrogens is 391 g/mol. The summed E-state index contributed by atoms with van der Waals surface area (Å²) >= 11 is 0. The number of rotatable bonds is 6. The van der Waals surface area contributed by atoms with E-state index in [1.807, 2.05) is 12.1 Å². The fourth-order valence-electron chi connectivity index (χ4n) is 3.22. The molecule has 0 unspecified atom stereocenters. The second-order valence-electron chi connectivity index (χ2n) is 6.79. The zero-order chi connectivity index (χ0) is 20.9. The largest absolute Gasteiger partial charge is 0.337 e. The Morgan fingerprint density at radius 2 is 1.97 bits per heavy atom. The summed E-state index contributed by atoms with van der Waals surface area (Å²) in [5.41, 5.74) is 1.42. The molecule has 0 saturated carbocycles. The first-order chi connectivity index (χ1) is 14.6. The van der Waals surface area contributed by atoms with E-state index in [0.717, 1.165) is 5.56 Å². The first kappa shape index (κ1) is 19.5. The molecule has 0 aliphatic carbocycles. The van der Waals surface area contributed by atoms with Gasteiger partial charge in [0, 0.05) is 31.0 Å². The number of anilines is 1. The van der Waals surface area contributed by atoms with Gasteiger partial charge >= 0.3 is 6.03 Å². The van der Waals surface area contributed by atoms with Crippen molar-refractivity contribution >= 4 is 17.6 Å². The molecule has 1 aromatic carbocycles. The number of urea groups is 1. The van der Waals surface area contributed by atoms with E-state index in [2.05, 4.69) is 25.8 Å². The van der Waals surface area contributed by atoms with Gasteiger partial charge in [0.1, 0.15) is 11.9 Å². The lowest BCUT2D eigenvalue weighted by molar-refractivity contribution is -0.130. The number of pyridine rings is 1. The molecule has 0 radical (unpaired) electrons. The van der Waals surface area contributed by atoms with E-state index in [0.29, 0.717) is 36.8 Å². The van der Waals surface area contributed by atoms with Crippen molar-refractivity contribution in [1.82, 2.24) is 25.3 Å². The van der Waals surface area contributed by atoms with Crippen molar-refractivity contribution in [2.75, 3.05) is 5.32 Å². The molecule has 0 spiro atoms. The monoisotopic (exact) mass is 410 g/mol. The fraction of sp³-hybridized carbons (Fsp3) is 0.250. The Bertz CT molecular complexity index is 1020. The van der Waals surface area contributed by atoms with Crippen molar-refractivity contribution in [2.24, 2.45) is 0 Å². The second kappa shape index (κ2) is 8.68. The molecule has 9 nitrogen and oxygen atoms in total. The highest BCUT2D eigenvalue weighted by Crippen LogP contribution is 2.33. The van der Waals surface area contributed by atoms with Crippen LogP contribution in [0.4, 0.5) is 14.9 Å². The van der Waals surface area contributed by atoms with Gasteiger partial charge in [-0.25, -0.2) is 9.18 Å². The molecule has 1 fully saturated rings. The minimum absolute atomic E-state index is 0.0216. The number of halogens is 1. The number of nitrogens with one attached hydrogen (secondary N) is 2. The Balaban J connectivity index is 1.35. The van der Waals surface area contributed by atoms with E-state index in [4.69, 9.17) is 4.52 Å². The molecule has 3 amide bonds. The summed E-state index contributed by atoms with van der Waals surface area (Å²) in [5.74, 6) is 0.269. The summed E-state index contributed by atoms with van der Waals surface area (Å²) < 4.78 is 18.3. The van der Waals surface area contributed by atoms with Crippen LogP contribution in [0.15, 0.2) is 53.3 Å². The lowest BCUT2D eigenvalue weighted by Crippen LogP contribution is -2.29. The van der Waals surface area contributed by atoms with Gasteiger partial charge in [0.05, 0.1) is 6.54 Å². The fourth-order valence-corrected chi connectivity index (χ4v) is 3.22. The summed E-state index contributed by atoms with van der Waals surface area (Å²) in [4.78, 5) is 34.3. The molecule has 10 heteroatoms. The third-order valence-electron chi connectivity index (χ3n) is 4.71. The Morgan fingerprint density at radius 3 is 2.73 bits per heavy atom. The van der Waals surface area contributed by atoms with Crippen molar-refractivity contribution in [3.63, 3.8) is 0 Å². The summed E-state index contributed by atoms with van der Waals surface area (Å²) in [6, 6.07) is 8.33. The molecule has 2 N–H and O–H groups in total. The van der Waals surface area contributed by atoms with Gasteiger partial charge in [-0.2, -0.15) is 4.98 Å². The minimum Gasteiger partial charge on any atom is -0.337 e. The molecule has 4 rings (SSSR count). The van der Waals surface area contributed by atoms with Crippen LogP contribution in [-0.4, -0.2) is 32.0 Å². The zero-order valence-corrected chi connectivity index (χ0v) is 15.9. The van der Waals surface area contributed by atoms with Crippen LogP contribution >= 0.6 is 0 Å². The van der Waals surface area contributed by atoms with E-state index >= 15 is 0 Å². The van der Waals surface area contributed by atoms with Crippen LogP contribution in [0, 0.1) is 5.82 Å². The molecular formula is C20H19FN6O3. The number of benzene rings is 1. The number of aromatic nitrogens is 3. The molecule has 30 heavy (non-hydrogen) atoms. The maximum Gasteiger partial charge on any atom is 0.319 e. The van der Waals surface area contributed by atoms with Gasteiger partial charge in [-0.15, -0.1) is 0 Å². The number of hydrogen-bond acceptors (Lipinski definition) is 6. The summed E-state index contributed by atoms with van der Waals surface area (Å²) in [6.07, 6.45) is 4.35. The van der Waals surface area contributed by atoms with Crippen LogP contribution in [0.2, 0.25) is 0 Å². The summed E-state index contributed by atoms with van der Waals surface area (Å²) in [6.45, 7) is 0.476. The molecule has 1 aliphatic heterocycles. The van der Waals surface area contributed by atoms with Crippen LogP contribution < -0.4 is 10.6 Å². The van der Waals surface area contributed by atoms with Gasteiger partial charge in [-0.3, -0.25) is 9.78 Å². The molecule has 1 atom stereocenters. The molecule has 3 aromatic rings. The highest BCUT2D eigenvalue weighted by molar-refractivity contribution is 5.89. The van der Waals surface area contributed by atoms with Gasteiger partial charge in [0.25, 0.3) is 0 Å². The molecule has 1 aliphatic rings. The third-order valence-corrected chi connectivity index (χ3v) is 4.71. The van der Waals surface area contributed by atoms with Crippen molar-refractivity contribution in [2.45, 2.75) is 32.0 Å². The lowest BCUT2D eigenvalue weighted by Gasteiger charge is -2.21. The maximum absolute atomic E-state index is 12.9. The van der Waals surface area contributed by atoms with E-state index in [1.54, 1.807) is 17.3 Å². The normalized spacial score (nSPS) is 16.0. The molecule has 1 saturated heterocycles. The second-order valence-corrected chi connectivity index (χ2v) is 6.79. The molecule has 2 aromatic heterocycles. The number of likely N-dealkylation sites (tertiary alicyclic amines) is 1. The Kier molecular flexibility index (Phi) is 5.64. The zero-order valence-electron chi connectivity index (χ0n) is 15.9. The average molecular weight is 410 g/mol. The number of hydrogen-bond donors (Lipinski definition) is 2. The predicted molar refractivity (Wildman–Crippen MR) is 103 cm³/mol. The van der Waals surface area contributed by atoms with Gasteiger partial charge in [-0.1, -0.05) is 5.16 Å². The molecule has 0 bridgehead atoms. The number of carbonyl (C=O) groups excluding carboxylic acids is 2. The smallest absolute Gasteiger partial charge is 0.319 e. The average Bonchev–Trinajstić information content (AvgIpc) is 3.36. The van der Waals surface area contributed by atoms with Crippen molar-refractivity contribution in [3.8, 4) is 0 Å². The molecule has 3 heterocycles. The Hall–Kier alpha value is -3.82. The van der Waals surface area contributed by atoms with E-state index in [1.165, 1.54) is 24.3 Å². The van der Waals surface area contributed by atoms with Gasteiger partial charge in [0.2, 0.25) is 11.8 Å². The molecule has 154 valence electrons. The van der Waals surface area contributed by atoms with Crippen LogP contribution in [0.25, 0.3) is 0 Å². The summed E-state index contributed by atoms with van der Waals surface area (Å²) in [5, 5.41) is 9.08. The number of nitrogens with zero attached hydrogens (tertiary/aromatic N) is 4. The van der Waals surface area contributed by atoms with Crippen molar-refractivity contribution in [3.05, 3.63) is 71.9 Å². The number of carbonyl (C=O) groups is 2. The first-order valence-corrected chi connectivity index (χ1v) is 9.40. The quantitative estimate of drug-likeness (QED) is 0.646. The summed E-state index contributed by atoms with van der Waals surface area (Å²) in [7, 11) is 0. The standard InChI is InChI=1S/C20H19FN6O3/c21-14-1-3-15(4-2-14)24-20(29)23-11-17-25-19(30-26-17)16-5-6-18(28)27(16)12-13-7-9-22-10-8-13/h1-4,7-10,16H,5-6,11-12H2,(H2,23,24,29)/t16-/m0/s1. The highest BCUT2D eigenvalue weighted by atomic mass is 19.1. The Morgan fingerprint density at radius 1 is 1.20 bits per heavy atom.